The van der Waals surface area contributed by atoms with Crippen molar-refractivity contribution < 1.29 is 23.7 Å². The SMILES string of the molecule is CN=C(NCCOc1ccc2c(c1)OCO2)NCc1ccc(C)cc1OCCCOC.I. The number of aliphatic imine (C=N–C) groups is 1. The molecule has 0 unspecified atom stereocenters. The molecule has 0 fully saturated rings. The van der Waals surface area contributed by atoms with E-state index in [2.05, 4.69) is 40.7 Å². The Hall–Kier alpha value is -2.40. The van der Waals surface area contributed by atoms with E-state index in [-0.39, 0.29) is 30.8 Å². The minimum Gasteiger partial charge on any atom is -0.493 e. The number of fused-ring (bicyclic) bond motifs is 1. The number of aryl methyl sites for hydroxylation is 1. The molecule has 2 aromatic rings. The van der Waals surface area contributed by atoms with Gasteiger partial charge in [-0.3, -0.25) is 4.99 Å². The smallest absolute Gasteiger partial charge is 0.231 e. The van der Waals surface area contributed by atoms with E-state index in [1.165, 1.54) is 0 Å². The highest BCUT2D eigenvalue weighted by molar-refractivity contribution is 14.0. The van der Waals surface area contributed by atoms with Crippen LogP contribution in [-0.4, -0.2) is 53.3 Å². The van der Waals surface area contributed by atoms with Gasteiger partial charge in [0, 0.05) is 45.4 Å². The third-order valence-electron chi connectivity index (χ3n) is 4.65. The lowest BCUT2D eigenvalue weighted by molar-refractivity contribution is 0.171. The fourth-order valence-corrected chi connectivity index (χ4v) is 3.03. The molecule has 32 heavy (non-hydrogen) atoms. The molecule has 1 aliphatic rings. The highest BCUT2D eigenvalue weighted by Crippen LogP contribution is 2.34. The van der Waals surface area contributed by atoms with Gasteiger partial charge in [-0.15, -0.1) is 24.0 Å². The highest BCUT2D eigenvalue weighted by Gasteiger charge is 2.13. The largest absolute Gasteiger partial charge is 0.493 e. The third kappa shape index (κ3) is 7.94. The average Bonchev–Trinajstić information content (AvgIpc) is 3.25. The molecular formula is C23H32IN3O5. The molecule has 0 amide bonds. The molecule has 0 aliphatic carbocycles. The van der Waals surface area contributed by atoms with Crippen molar-refractivity contribution in [3.63, 3.8) is 0 Å². The second-order valence-corrected chi connectivity index (χ2v) is 7.02. The number of ether oxygens (including phenoxy) is 5. The van der Waals surface area contributed by atoms with E-state index < -0.39 is 0 Å². The maximum Gasteiger partial charge on any atom is 0.231 e. The second kappa shape index (κ2) is 13.9. The summed E-state index contributed by atoms with van der Waals surface area (Å²) in [6.07, 6.45) is 0.851. The molecule has 3 rings (SSSR count). The normalized spacial score (nSPS) is 12.2. The molecule has 9 heteroatoms. The molecule has 8 nitrogen and oxygen atoms in total. The van der Waals surface area contributed by atoms with Gasteiger partial charge in [0.25, 0.3) is 0 Å². The summed E-state index contributed by atoms with van der Waals surface area (Å²) in [6.45, 7) is 5.30. The summed E-state index contributed by atoms with van der Waals surface area (Å²) in [5.41, 5.74) is 2.23. The van der Waals surface area contributed by atoms with E-state index in [1.54, 1.807) is 14.2 Å². The predicted octanol–water partition coefficient (Wildman–Crippen LogP) is 3.50. The van der Waals surface area contributed by atoms with Crippen LogP contribution in [0.25, 0.3) is 0 Å². The van der Waals surface area contributed by atoms with Gasteiger partial charge in [0.05, 0.1) is 13.2 Å². The van der Waals surface area contributed by atoms with Crippen molar-refractivity contribution in [3.05, 3.63) is 47.5 Å². The number of nitrogens with one attached hydrogen (secondary N) is 2. The lowest BCUT2D eigenvalue weighted by atomic mass is 10.1. The molecule has 1 aliphatic heterocycles. The summed E-state index contributed by atoms with van der Waals surface area (Å²) in [6, 6.07) is 11.8. The number of methoxy groups -OCH3 is 1. The van der Waals surface area contributed by atoms with Crippen molar-refractivity contribution in [2.24, 2.45) is 4.99 Å². The molecule has 0 bridgehead atoms. The first-order chi connectivity index (χ1) is 15.2. The summed E-state index contributed by atoms with van der Waals surface area (Å²) in [5, 5.41) is 6.58. The number of nitrogens with zero attached hydrogens (tertiary/aromatic N) is 1. The fraction of sp³-hybridized carbons (Fsp3) is 0.435. The van der Waals surface area contributed by atoms with E-state index in [4.69, 9.17) is 23.7 Å². The molecule has 2 aromatic carbocycles. The minimum atomic E-state index is 0. The average molecular weight is 557 g/mol. The van der Waals surface area contributed by atoms with Gasteiger partial charge in [0.1, 0.15) is 18.1 Å². The van der Waals surface area contributed by atoms with E-state index in [9.17, 15) is 0 Å². The van der Waals surface area contributed by atoms with Gasteiger partial charge in [-0.1, -0.05) is 12.1 Å². The zero-order valence-corrected chi connectivity index (χ0v) is 21.1. The number of rotatable bonds is 11. The van der Waals surface area contributed by atoms with Crippen LogP contribution in [0.4, 0.5) is 0 Å². The number of benzene rings is 2. The Bertz CT molecular complexity index is 879. The van der Waals surface area contributed by atoms with Crippen molar-refractivity contribution in [2.45, 2.75) is 19.9 Å². The van der Waals surface area contributed by atoms with Crippen LogP contribution in [0, 0.1) is 6.92 Å². The van der Waals surface area contributed by atoms with Crippen LogP contribution in [-0.2, 0) is 11.3 Å². The Balaban J connectivity index is 0.00000363. The van der Waals surface area contributed by atoms with Gasteiger partial charge >= 0.3 is 0 Å². The minimum absolute atomic E-state index is 0. The summed E-state index contributed by atoms with van der Waals surface area (Å²) in [5.74, 6) is 3.77. The standard InChI is InChI=1S/C23H31N3O5.HI/c1-17-5-6-18(21(13-17)29-11-4-10-27-3)15-26-23(24-2)25-9-12-28-19-7-8-20-22(14-19)31-16-30-20;/h5-8,13-14H,4,9-12,15-16H2,1-3H3,(H2,24,25,26);1H. The number of guanidine groups is 1. The fourth-order valence-electron chi connectivity index (χ4n) is 3.03. The number of halogens is 1. The van der Waals surface area contributed by atoms with Gasteiger partial charge in [-0.25, -0.2) is 0 Å². The van der Waals surface area contributed by atoms with Crippen LogP contribution in [0.1, 0.15) is 17.5 Å². The van der Waals surface area contributed by atoms with Crippen LogP contribution in [0.3, 0.4) is 0 Å². The van der Waals surface area contributed by atoms with Crippen molar-refractivity contribution >= 4 is 29.9 Å². The van der Waals surface area contributed by atoms with Crippen LogP contribution in [0.15, 0.2) is 41.4 Å². The van der Waals surface area contributed by atoms with Gasteiger partial charge in [-0.2, -0.15) is 0 Å². The van der Waals surface area contributed by atoms with E-state index in [0.29, 0.717) is 44.6 Å². The van der Waals surface area contributed by atoms with Crippen LogP contribution in [0.5, 0.6) is 23.0 Å². The molecular weight excluding hydrogens is 525 g/mol. The Labute approximate surface area is 206 Å². The molecule has 176 valence electrons. The molecule has 0 spiro atoms. The van der Waals surface area contributed by atoms with Crippen molar-refractivity contribution in [2.75, 3.05) is 47.3 Å². The van der Waals surface area contributed by atoms with E-state index >= 15 is 0 Å². The van der Waals surface area contributed by atoms with Gasteiger partial charge < -0.3 is 34.3 Å². The van der Waals surface area contributed by atoms with Gasteiger partial charge in [0.2, 0.25) is 6.79 Å². The summed E-state index contributed by atoms with van der Waals surface area (Å²) in [4.78, 5) is 4.27. The molecule has 0 saturated heterocycles. The topological polar surface area (TPSA) is 82.6 Å². The second-order valence-electron chi connectivity index (χ2n) is 7.02. The van der Waals surface area contributed by atoms with Gasteiger partial charge in [0.15, 0.2) is 17.5 Å². The summed E-state index contributed by atoms with van der Waals surface area (Å²) < 4.78 is 27.5. The number of hydrogen-bond acceptors (Lipinski definition) is 6. The Morgan fingerprint density at radius 2 is 1.84 bits per heavy atom. The monoisotopic (exact) mass is 557 g/mol. The molecule has 0 atom stereocenters. The third-order valence-corrected chi connectivity index (χ3v) is 4.65. The molecule has 0 aromatic heterocycles. The number of hydrogen-bond donors (Lipinski definition) is 2. The Morgan fingerprint density at radius 3 is 2.66 bits per heavy atom. The van der Waals surface area contributed by atoms with Crippen LogP contribution >= 0.6 is 24.0 Å². The first-order valence-electron chi connectivity index (χ1n) is 10.4. The van der Waals surface area contributed by atoms with E-state index in [1.807, 2.05) is 18.2 Å². The van der Waals surface area contributed by atoms with Crippen molar-refractivity contribution in [1.29, 1.82) is 0 Å². The zero-order valence-electron chi connectivity index (χ0n) is 18.8. The quantitative estimate of drug-likeness (QED) is 0.190. The van der Waals surface area contributed by atoms with Crippen LogP contribution in [0.2, 0.25) is 0 Å². The highest BCUT2D eigenvalue weighted by atomic mass is 127. The van der Waals surface area contributed by atoms with Crippen molar-refractivity contribution in [1.82, 2.24) is 10.6 Å². The maximum atomic E-state index is 5.95. The molecule has 0 saturated carbocycles. The first kappa shape index (κ1) is 25.9. The Morgan fingerprint density at radius 1 is 1.00 bits per heavy atom. The lowest BCUT2D eigenvalue weighted by Crippen LogP contribution is -2.38. The molecule has 0 radical (unpaired) electrons. The molecule has 1 heterocycles. The predicted molar refractivity (Wildman–Crippen MR) is 135 cm³/mol. The van der Waals surface area contributed by atoms with E-state index in [0.717, 1.165) is 34.8 Å². The Kier molecular flexibility index (Phi) is 11.2. The zero-order chi connectivity index (χ0) is 21.9. The van der Waals surface area contributed by atoms with Crippen LogP contribution < -0.4 is 29.6 Å². The summed E-state index contributed by atoms with van der Waals surface area (Å²) >= 11 is 0. The first-order valence-corrected chi connectivity index (χ1v) is 10.4. The lowest BCUT2D eigenvalue weighted by Gasteiger charge is -2.16. The molecule has 2 N–H and O–H groups in total. The summed E-state index contributed by atoms with van der Waals surface area (Å²) in [7, 11) is 3.44. The maximum absolute atomic E-state index is 5.95. The van der Waals surface area contributed by atoms with Gasteiger partial charge in [-0.05, 0) is 30.7 Å². The van der Waals surface area contributed by atoms with Crippen molar-refractivity contribution in [3.8, 4) is 23.0 Å².